The number of aromatic nitrogens is 2. The molecule has 0 atom stereocenters. The van der Waals surface area contributed by atoms with E-state index in [0.717, 1.165) is 31.2 Å². The van der Waals surface area contributed by atoms with Crippen LogP contribution in [-0.2, 0) is 9.53 Å². The maximum atomic E-state index is 12.9. The minimum absolute atomic E-state index is 0.166. The third kappa shape index (κ3) is 4.32. The van der Waals surface area contributed by atoms with Crippen LogP contribution in [0.4, 0.5) is 0 Å². The fourth-order valence-electron chi connectivity index (χ4n) is 3.99. The number of fused-ring (bicyclic) bond motifs is 1. The van der Waals surface area contributed by atoms with Crippen molar-refractivity contribution < 1.29 is 14.3 Å². The van der Waals surface area contributed by atoms with Gasteiger partial charge in [0.1, 0.15) is 0 Å². The van der Waals surface area contributed by atoms with Crippen molar-refractivity contribution in [2.24, 2.45) is 0 Å². The van der Waals surface area contributed by atoms with Gasteiger partial charge in [-0.1, -0.05) is 37.5 Å². The highest BCUT2D eigenvalue weighted by Crippen LogP contribution is 2.25. The number of likely N-dealkylation sites (N-methyl/N-ethyl adjacent to an activating group) is 1. The fourth-order valence-corrected chi connectivity index (χ4v) is 3.99. The maximum Gasteiger partial charge on any atom is 0.339 e. The van der Waals surface area contributed by atoms with Crippen LogP contribution >= 0.6 is 0 Å². The number of benzene rings is 1. The first-order valence-electron chi connectivity index (χ1n) is 10.4. The standard InChI is InChI=1S/C24H25N3O3/c1-27(18-9-3-2-4-10-18)23(28)16-30-24(29)20-14-22(17-8-7-13-25-15-17)26-21-12-6-5-11-19(20)21/h5-8,11-15,18H,2-4,9-10,16H2,1H3. The molecule has 1 amide bonds. The summed E-state index contributed by atoms with van der Waals surface area (Å²) in [6, 6.07) is 13.1. The summed E-state index contributed by atoms with van der Waals surface area (Å²) in [6.45, 7) is -0.259. The molecule has 3 aromatic rings. The van der Waals surface area contributed by atoms with Gasteiger partial charge in [0.05, 0.1) is 16.8 Å². The normalized spacial score (nSPS) is 14.4. The fraction of sp³-hybridized carbons (Fsp3) is 0.333. The van der Waals surface area contributed by atoms with Crippen molar-refractivity contribution in [3.05, 3.63) is 60.4 Å². The minimum atomic E-state index is -0.524. The van der Waals surface area contributed by atoms with Crippen molar-refractivity contribution in [2.75, 3.05) is 13.7 Å². The van der Waals surface area contributed by atoms with E-state index in [2.05, 4.69) is 9.97 Å². The number of ether oxygens (including phenoxy) is 1. The Hall–Kier alpha value is -3.28. The van der Waals surface area contributed by atoms with Gasteiger partial charge >= 0.3 is 5.97 Å². The third-order valence-corrected chi connectivity index (χ3v) is 5.74. The molecule has 0 N–H and O–H groups in total. The minimum Gasteiger partial charge on any atom is -0.452 e. The number of amides is 1. The van der Waals surface area contributed by atoms with Gasteiger partial charge in [-0.25, -0.2) is 9.78 Å². The molecular formula is C24H25N3O3. The van der Waals surface area contributed by atoms with Crippen LogP contribution < -0.4 is 0 Å². The van der Waals surface area contributed by atoms with E-state index in [4.69, 9.17) is 4.74 Å². The summed E-state index contributed by atoms with van der Waals surface area (Å²) >= 11 is 0. The number of carbonyl (C=O) groups excluding carboxylic acids is 2. The molecule has 0 radical (unpaired) electrons. The highest BCUT2D eigenvalue weighted by Gasteiger charge is 2.23. The molecule has 1 aliphatic rings. The van der Waals surface area contributed by atoms with Crippen LogP contribution in [0.1, 0.15) is 42.5 Å². The number of esters is 1. The molecule has 1 saturated carbocycles. The number of carbonyl (C=O) groups is 2. The van der Waals surface area contributed by atoms with Gasteiger partial charge in [-0.15, -0.1) is 0 Å². The first-order chi connectivity index (χ1) is 14.6. The van der Waals surface area contributed by atoms with Gasteiger partial charge in [-0.3, -0.25) is 9.78 Å². The molecule has 30 heavy (non-hydrogen) atoms. The average molecular weight is 403 g/mol. The second kappa shape index (κ2) is 9.03. The number of nitrogens with zero attached hydrogens (tertiary/aromatic N) is 3. The predicted molar refractivity (Wildman–Crippen MR) is 115 cm³/mol. The van der Waals surface area contributed by atoms with E-state index in [9.17, 15) is 9.59 Å². The zero-order valence-electron chi connectivity index (χ0n) is 17.1. The van der Waals surface area contributed by atoms with Gasteiger partial charge in [0.2, 0.25) is 0 Å². The molecule has 0 unspecified atom stereocenters. The molecule has 2 aromatic heterocycles. The zero-order valence-corrected chi connectivity index (χ0v) is 17.1. The Morgan fingerprint density at radius 2 is 1.90 bits per heavy atom. The van der Waals surface area contributed by atoms with Gasteiger partial charge < -0.3 is 9.64 Å². The van der Waals surface area contributed by atoms with E-state index in [1.165, 1.54) is 6.42 Å². The van der Waals surface area contributed by atoms with Crippen LogP contribution in [0.15, 0.2) is 54.9 Å². The monoisotopic (exact) mass is 403 g/mol. The summed E-state index contributed by atoms with van der Waals surface area (Å²) in [4.78, 5) is 36.0. The van der Waals surface area contributed by atoms with Crippen molar-refractivity contribution in [1.82, 2.24) is 14.9 Å². The summed E-state index contributed by atoms with van der Waals surface area (Å²) in [5.41, 5.74) is 2.54. The number of pyridine rings is 2. The first-order valence-corrected chi connectivity index (χ1v) is 10.4. The molecule has 154 valence electrons. The second-order valence-electron chi connectivity index (χ2n) is 7.69. The predicted octanol–water partition coefficient (Wildman–Crippen LogP) is 4.24. The lowest BCUT2D eigenvalue weighted by atomic mass is 9.94. The quantitative estimate of drug-likeness (QED) is 0.596. The molecule has 0 spiro atoms. The van der Waals surface area contributed by atoms with Gasteiger partial charge in [0.25, 0.3) is 5.91 Å². The molecule has 0 saturated heterocycles. The average Bonchev–Trinajstić information content (AvgIpc) is 2.82. The van der Waals surface area contributed by atoms with E-state index in [-0.39, 0.29) is 18.6 Å². The molecule has 0 aliphatic heterocycles. The van der Waals surface area contributed by atoms with Crippen molar-refractivity contribution >= 4 is 22.8 Å². The molecular weight excluding hydrogens is 378 g/mol. The van der Waals surface area contributed by atoms with Crippen molar-refractivity contribution in [3.63, 3.8) is 0 Å². The van der Waals surface area contributed by atoms with Crippen molar-refractivity contribution in [2.45, 2.75) is 38.1 Å². The number of rotatable bonds is 5. The summed E-state index contributed by atoms with van der Waals surface area (Å²) < 4.78 is 5.43. The lowest BCUT2D eigenvalue weighted by Crippen LogP contribution is -2.40. The van der Waals surface area contributed by atoms with Crippen molar-refractivity contribution in [1.29, 1.82) is 0 Å². The number of hydrogen-bond donors (Lipinski definition) is 0. The van der Waals surface area contributed by atoms with E-state index in [1.807, 2.05) is 36.4 Å². The number of para-hydroxylation sites is 1. The SMILES string of the molecule is CN(C(=O)COC(=O)c1cc(-c2cccnc2)nc2ccccc12)C1CCCCC1. The van der Waals surface area contributed by atoms with Crippen LogP contribution in [0.5, 0.6) is 0 Å². The van der Waals surface area contributed by atoms with Crippen LogP contribution in [-0.4, -0.2) is 46.4 Å². The van der Waals surface area contributed by atoms with Crippen LogP contribution in [0.25, 0.3) is 22.2 Å². The van der Waals surface area contributed by atoms with E-state index < -0.39 is 5.97 Å². The summed E-state index contributed by atoms with van der Waals surface area (Å²) in [7, 11) is 1.80. The Morgan fingerprint density at radius 3 is 2.67 bits per heavy atom. The third-order valence-electron chi connectivity index (χ3n) is 5.74. The van der Waals surface area contributed by atoms with Crippen molar-refractivity contribution in [3.8, 4) is 11.3 Å². The molecule has 6 heteroatoms. The molecule has 0 bridgehead atoms. The largest absolute Gasteiger partial charge is 0.452 e. The summed E-state index contributed by atoms with van der Waals surface area (Å²) in [5.74, 6) is -0.690. The Bertz CT molecular complexity index is 1050. The Morgan fingerprint density at radius 1 is 1.10 bits per heavy atom. The van der Waals surface area contributed by atoms with Gasteiger partial charge in [0.15, 0.2) is 6.61 Å². The highest BCUT2D eigenvalue weighted by molar-refractivity contribution is 6.05. The summed E-state index contributed by atoms with van der Waals surface area (Å²) in [6.07, 6.45) is 8.93. The lowest BCUT2D eigenvalue weighted by molar-refractivity contribution is -0.135. The van der Waals surface area contributed by atoms with Gasteiger partial charge in [0, 0.05) is 36.4 Å². The Balaban J connectivity index is 1.54. The van der Waals surface area contributed by atoms with E-state index in [0.29, 0.717) is 22.2 Å². The van der Waals surface area contributed by atoms with Gasteiger partial charge in [-0.2, -0.15) is 0 Å². The topological polar surface area (TPSA) is 72.4 Å². The smallest absolute Gasteiger partial charge is 0.339 e. The van der Waals surface area contributed by atoms with E-state index in [1.54, 1.807) is 30.4 Å². The van der Waals surface area contributed by atoms with Crippen LogP contribution in [0, 0.1) is 0 Å². The summed E-state index contributed by atoms with van der Waals surface area (Å²) in [5, 5.41) is 0.697. The Labute approximate surface area is 175 Å². The number of hydrogen-bond acceptors (Lipinski definition) is 5. The second-order valence-corrected chi connectivity index (χ2v) is 7.69. The maximum absolute atomic E-state index is 12.9. The van der Waals surface area contributed by atoms with Crippen LogP contribution in [0.3, 0.4) is 0 Å². The van der Waals surface area contributed by atoms with Crippen LogP contribution in [0.2, 0.25) is 0 Å². The Kier molecular flexibility index (Phi) is 6.02. The first kappa shape index (κ1) is 20.0. The molecule has 1 aliphatic carbocycles. The molecule has 1 fully saturated rings. The molecule has 6 nitrogen and oxygen atoms in total. The molecule has 4 rings (SSSR count). The van der Waals surface area contributed by atoms with Gasteiger partial charge in [-0.05, 0) is 37.1 Å². The highest BCUT2D eigenvalue weighted by atomic mass is 16.5. The zero-order chi connectivity index (χ0) is 20.9. The molecule has 1 aromatic carbocycles. The molecule has 2 heterocycles. The van der Waals surface area contributed by atoms with E-state index >= 15 is 0 Å². The lowest BCUT2D eigenvalue weighted by Gasteiger charge is -2.31.